The number of ether oxygens (including phenoxy) is 1. The van der Waals surface area contributed by atoms with Crippen molar-refractivity contribution < 1.29 is 14.3 Å². The van der Waals surface area contributed by atoms with E-state index in [0.717, 1.165) is 19.3 Å². The first kappa shape index (κ1) is 18.9. The molecule has 4 nitrogen and oxygen atoms in total. The van der Waals surface area contributed by atoms with Crippen molar-refractivity contribution in [2.24, 2.45) is 10.8 Å². The third-order valence-corrected chi connectivity index (χ3v) is 4.22. The van der Waals surface area contributed by atoms with Crippen LogP contribution in [0.25, 0.3) is 0 Å². The SMILES string of the molecule is CC(=O)NCC(=O)OCCCCCC(C)(C)C(C)(C)C. The summed E-state index contributed by atoms with van der Waals surface area (Å²) in [5.41, 5.74) is 0.618. The molecule has 0 aliphatic carbocycles. The Balaban J connectivity index is 3.64. The molecule has 1 N–H and O–H groups in total. The Kier molecular flexibility index (Phi) is 7.84. The van der Waals surface area contributed by atoms with E-state index >= 15 is 0 Å². The van der Waals surface area contributed by atoms with Gasteiger partial charge in [-0.15, -0.1) is 0 Å². The Labute approximate surface area is 123 Å². The van der Waals surface area contributed by atoms with E-state index in [1.165, 1.54) is 13.3 Å². The topological polar surface area (TPSA) is 55.4 Å². The number of rotatable bonds is 8. The van der Waals surface area contributed by atoms with E-state index in [-0.39, 0.29) is 18.4 Å². The molecule has 0 saturated carbocycles. The fourth-order valence-corrected chi connectivity index (χ4v) is 1.65. The molecule has 0 bridgehead atoms. The van der Waals surface area contributed by atoms with Gasteiger partial charge in [0.1, 0.15) is 6.54 Å². The molecule has 0 fully saturated rings. The highest BCUT2D eigenvalue weighted by Crippen LogP contribution is 2.41. The van der Waals surface area contributed by atoms with Crippen LogP contribution in [0, 0.1) is 10.8 Å². The van der Waals surface area contributed by atoms with Crippen molar-refractivity contribution in [3.63, 3.8) is 0 Å². The lowest BCUT2D eigenvalue weighted by Crippen LogP contribution is -2.29. The van der Waals surface area contributed by atoms with E-state index in [9.17, 15) is 9.59 Å². The minimum atomic E-state index is -0.366. The van der Waals surface area contributed by atoms with Crippen molar-refractivity contribution in [2.45, 2.75) is 67.2 Å². The number of hydrogen-bond acceptors (Lipinski definition) is 3. The zero-order valence-electron chi connectivity index (χ0n) is 14.0. The number of carbonyl (C=O) groups excluding carboxylic acids is 2. The van der Waals surface area contributed by atoms with Gasteiger partial charge in [0.2, 0.25) is 5.91 Å². The second-order valence-electron chi connectivity index (χ2n) is 7.07. The molecule has 0 atom stereocenters. The van der Waals surface area contributed by atoms with Crippen LogP contribution >= 0.6 is 0 Å². The molecule has 0 aromatic carbocycles. The third-order valence-electron chi connectivity index (χ3n) is 4.22. The molecular formula is C16H31NO3. The average molecular weight is 285 g/mol. The van der Waals surface area contributed by atoms with E-state index in [1.54, 1.807) is 0 Å². The summed E-state index contributed by atoms with van der Waals surface area (Å²) in [6.07, 6.45) is 4.27. The summed E-state index contributed by atoms with van der Waals surface area (Å²) in [5, 5.41) is 2.42. The van der Waals surface area contributed by atoms with Gasteiger partial charge in [0, 0.05) is 6.92 Å². The Hall–Kier alpha value is -1.06. The molecule has 0 aromatic heterocycles. The summed E-state index contributed by atoms with van der Waals surface area (Å²) < 4.78 is 5.04. The molecule has 0 rings (SSSR count). The van der Waals surface area contributed by atoms with Crippen LogP contribution < -0.4 is 5.32 Å². The maximum absolute atomic E-state index is 11.2. The molecule has 0 radical (unpaired) electrons. The molecule has 0 aliphatic rings. The molecule has 0 spiro atoms. The number of unbranched alkanes of at least 4 members (excludes halogenated alkanes) is 2. The van der Waals surface area contributed by atoms with Crippen molar-refractivity contribution in [3.8, 4) is 0 Å². The highest BCUT2D eigenvalue weighted by atomic mass is 16.5. The number of hydrogen-bond donors (Lipinski definition) is 1. The lowest BCUT2D eigenvalue weighted by atomic mass is 9.67. The van der Waals surface area contributed by atoms with Gasteiger partial charge in [0.15, 0.2) is 0 Å². The van der Waals surface area contributed by atoms with Crippen molar-refractivity contribution in [2.75, 3.05) is 13.2 Å². The molecule has 20 heavy (non-hydrogen) atoms. The number of esters is 1. The predicted molar refractivity (Wildman–Crippen MR) is 81.3 cm³/mol. The zero-order chi connectivity index (χ0) is 15.8. The second-order valence-corrected chi connectivity index (χ2v) is 7.07. The Bertz CT molecular complexity index is 316. The normalized spacial score (nSPS) is 12.1. The Morgan fingerprint density at radius 2 is 1.60 bits per heavy atom. The van der Waals surface area contributed by atoms with Gasteiger partial charge in [-0.2, -0.15) is 0 Å². The van der Waals surface area contributed by atoms with Crippen LogP contribution in [0.2, 0.25) is 0 Å². The molecule has 0 saturated heterocycles. The summed E-state index contributed by atoms with van der Waals surface area (Å²) in [6, 6.07) is 0. The second kappa shape index (κ2) is 8.28. The molecule has 1 amide bonds. The van der Waals surface area contributed by atoms with E-state index in [4.69, 9.17) is 4.74 Å². The molecule has 0 aromatic rings. The smallest absolute Gasteiger partial charge is 0.325 e. The van der Waals surface area contributed by atoms with Gasteiger partial charge in [0.05, 0.1) is 6.61 Å². The minimum Gasteiger partial charge on any atom is -0.464 e. The maximum atomic E-state index is 11.2. The molecule has 0 aliphatic heterocycles. The van der Waals surface area contributed by atoms with Gasteiger partial charge in [0.25, 0.3) is 0 Å². The summed E-state index contributed by atoms with van der Waals surface area (Å²) in [7, 11) is 0. The highest BCUT2D eigenvalue weighted by molar-refractivity contribution is 5.80. The van der Waals surface area contributed by atoms with Crippen molar-refractivity contribution in [1.29, 1.82) is 0 Å². The Morgan fingerprint density at radius 1 is 1.00 bits per heavy atom. The van der Waals surface area contributed by atoms with Crippen LogP contribution in [0.1, 0.15) is 67.2 Å². The fourth-order valence-electron chi connectivity index (χ4n) is 1.65. The molecular weight excluding hydrogens is 254 g/mol. The first-order valence-electron chi connectivity index (χ1n) is 7.46. The lowest BCUT2D eigenvalue weighted by molar-refractivity contribution is -0.143. The van der Waals surface area contributed by atoms with Gasteiger partial charge in [-0.05, 0) is 23.7 Å². The van der Waals surface area contributed by atoms with Gasteiger partial charge in [-0.3, -0.25) is 9.59 Å². The number of carbonyl (C=O) groups is 2. The van der Waals surface area contributed by atoms with E-state index in [2.05, 4.69) is 39.9 Å². The van der Waals surface area contributed by atoms with E-state index < -0.39 is 0 Å². The van der Waals surface area contributed by atoms with Gasteiger partial charge >= 0.3 is 5.97 Å². The minimum absolute atomic E-state index is 0.0353. The van der Waals surface area contributed by atoms with Crippen molar-refractivity contribution >= 4 is 11.9 Å². The predicted octanol–water partition coefficient (Wildman–Crippen LogP) is 3.30. The van der Waals surface area contributed by atoms with E-state index in [1.807, 2.05) is 0 Å². The number of amides is 1. The Morgan fingerprint density at radius 3 is 2.10 bits per heavy atom. The zero-order valence-corrected chi connectivity index (χ0v) is 14.0. The van der Waals surface area contributed by atoms with Crippen molar-refractivity contribution in [1.82, 2.24) is 5.32 Å². The van der Waals surface area contributed by atoms with Crippen LogP contribution in [0.4, 0.5) is 0 Å². The van der Waals surface area contributed by atoms with Crippen LogP contribution in [0.3, 0.4) is 0 Å². The van der Waals surface area contributed by atoms with Gasteiger partial charge in [-0.25, -0.2) is 0 Å². The largest absolute Gasteiger partial charge is 0.464 e. The summed E-state index contributed by atoms with van der Waals surface area (Å²) in [5.74, 6) is -0.582. The standard InChI is InChI=1S/C16H31NO3/c1-13(18)17-12-14(19)20-11-9-7-8-10-16(5,6)15(2,3)4/h7-12H2,1-6H3,(H,17,18). The summed E-state index contributed by atoms with van der Waals surface area (Å²) in [6.45, 7) is 13.2. The van der Waals surface area contributed by atoms with Crippen molar-refractivity contribution in [3.05, 3.63) is 0 Å². The first-order valence-corrected chi connectivity index (χ1v) is 7.46. The van der Waals surface area contributed by atoms with E-state index in [0.29, 0.717) is 17.4 Å². The van der Waals surface area contributed by atoms with Crippen LogP contribution in [0.5, 0.6) is 0 Å². The molecule has 0 heterocycles. The molecule has 0 unspecified atom stereocenters. The monoisotopic (exact) mass is 285 g/mol. The first-order chi connectivity index (χ1) is 9.06. The highest BCUT2D eigenvalue weighted by Gasteiger charge is 2.31. The molecule has 118 valence electrons. The quantitative estimate of drug-likeness (QED) is 0.550. The van der Waals surface area contributed by atoms with Gasteiger partial charge < -0.3 is 10.1 Å². The maximum Gasteiger partial charge on any atom is 0.325 e. The number of nitrogens with one attached hydrogen (secondary N) is 1. The van der Waals surface area contributed by atoms with Crippen LogP contribution in [0.15, 0.2) is 0 Å². The molecule has 4 heteroatoms. The lowest BCUT2D eigenvalue weighted by Gasteiger charge is -2.39. The summed E-state index contributed by atoms with van der Waals surface area (Å²) in [4.78, 5) is 21.9. The van der Waals surface area contributed by atoms with Gasteiger partial charge in [-0.1, -0.05) is 47.5 Å². The van der Waals surface area contributed by atoms with Crippen LogP contribution in [-0.4, -0.2) is 25.0 Å². The average Bonchev–Trinajstić information content (AvgIpc) is 2.29. The summed E-state index contributed by atoms with van der Waals surface area (Å²) >= 11 is 0. The fraction of sp³-hybridized carbons (Fsp3) is 0.875. The third kappa shape index (κ3) is 8.18. The van der Waals surface area contributed by atoms with Crippen LogP contribution in [-0.2, 0) is 14.3 Å².